The minimum absolute atomic E-state index is 0. The number of guanidine groups is 1. The zero-order chi connectivity index (χ0) is 21.7. The summed E-state index contributed by atoms with van der Waals surface area (Å²) in [6, 6.07) is -1.43. The largest absolute Gasteiger partial charge is 0.403 e. The molecule has 0 radical (unpaired) electrons. The Morgan fingerprint density at radius 3 is 2.52 bits per heavy atom. The van der Waals surface area contributed by atoms with Crippen LogP contribution in [0.15, 0.2) is 9.79 Å². The van der Waals surface area contributed by atoms with E-state index in [9.17, 15) is 18.0 Å². The Morgan fingerprint density at radius 1 is 1.19 bits per heavy atom. The molecule has 12 heteroatoms. The summed E-state index contributed by atoms with van der Waals surface area (Å²) in [5.74, 6) is 1.59. The van der Waals surface area contributed by atoms with Crippen molar-refractivity contribution in [3.05, 3.63) is 16.3 Å². The SMILES string of the molecule is CCNC(=NCCCn1nc2n(c1=O)CCCC2)N1CCN(C(C)C(F)(F)F)CC1.I. The minimum Gasteiger partial charge on any atom is -0.357 e. The molecule has 0 spiro atoms. The maximum atomic E-state index is 12.9. The highest BCUT2D eigenvalue weighted by molar-refractivity contribution is 14.0. The van der Waals surface area contributed by atoms with Gasteiger partial charge in [0, 0.05) is 58.8 Å². The molecule has 1 unspecified atom stereocenters. The molecule has 1 aromatic rings. The van der Waals surface area contributed by atoms with Crippen molar-refractivity contribution in [2.24, 2.45) is 4.99 Å². The summed E-state index contributed by atoms with van der Waals surface area (Å²) < 4.78 is 42.1. The molecule has 1 atom stereocenters. The van der Waals surface area contributed by atoms with Gasteiger partial charge in [0.1, 0.15) is 11.9 Å². The van der Waals surface area contributed by atoms with Crippen molar-refractivity contribution < 1.29 is 13.2 Å². The van der Waals surface area contributed by atoms with Crippen LogP contribution in [-0.4, -0.2) is 81.6 Å². The first-order valence-electron chi connectivity index (χ1n) is 10.8. The quantitative estimate of drug-likeness (QED) is 0.250. The summed E-state index contributed by atoms with van der Waals surface area (Å²) in [6.07, 6.45) is -0.586. The highest BCUT2D eigenvalue weighted by Gasteiger charge is 2.41. The number of piperazine rings is 1. The van der Waals surface area contributed by atoms with Crippen molar-refractivity contribution >= 4 is 29.9 Å². The van der Waals surface area contributed by atoms with Gasteiger partial charge in [-0.2, -0.15) is 18.3 Å². The first-order valence-corrected chi connectivity index (χ1v) is 10.8. The number of aryl methyl sites for hydroxylation is 2. The maximum absolute atomic E-state index is 12.9. The third kappa shape index (κ3) is 6.59. The first kappa shape index (κ1) is 25.9. The first-order chi connectivity index (χ1) is 14.3. The smallest absolute Gasteiger partial charge is 0.357 e. The van der Waals surface area contributed by atoms with Crippen molar-refractivity contribution in [3.8, 4) is 0 Å². The molecule has 0 aliphatic carbocycles. The van der Waals surface area contributed by atoms with Gasteiger partial charge in [-0.25, -0.2) is 9.48 Å². The number of nitrogens with one attached hydrogen (secondary N) is 1. The number of nitrogens with zero attached hydrogens (tertiary/aromatic N) is 6. The highest BCUT2D eigenvalue weighted by atomic mass is 127. The summed E-state index contributed by atoms with van der Waals surface area (Å²) in [5.41, 5.74) is -0.0458. The maximum Gasteiger partial charge on any atom is 0.403 e. The van der Waals surface area contributed by atoms with Gasteiger partial charge in [-0.1, -0.05) is 0 Å². The Bertz CT molecular complexity index is 784. The molecular formula is C19H33F3IN7O. The highest BCUT2D eigenvalue weighted by Crippen LogP contribution is 2.25. The number of aliphatic imine (C=N–C) groups is 1. The molecule has 1 fully saturated rings. The van der Waals surface area contributed by atoms with E-state index in [2.05, 4.69) is 15.4 Å². The summed E-state index contributed by atoms with van der Waals surface area (Å²) in [6.45, 7) is 7.34. The fraction of sp³-hybridized carbons (Fsp3) is 0.842. The molecule has 0 aromatic carbocycles. The summed E-state index contributed by atoms with van der Waals surface area (Å²) in [5, 5.41) is 7.66. The molecule has 1 N–H and O–H groups in total. The Morgan fingerprint density at radius 2 is 1.90 bits per heavy atom. The van der Waals surface area contributed by atoms with Gasteiger partial charge in [-0.15, -0.1) is 24.0 Å². The molecule has 2 aliphatic heterocycles. The Hall–Kier alpha value is -1.31. The van der Waals surface area contributed by atoms with Gasteiger partial charge in [0.05, 0.1) is 0 Å². The van der Waals surface area contributed by atoms with Gasteiger partial charge >= 0.3 is 11.9 Å². The van der Waals surface area contributed by atoms with Crippen molar-refractivity contribution in [3.63, 3.8) is 0 Å². The minimum atomic E-state index is -4.20. The molecule has 3 rings (SSSR count). The second kappa shape index (κ2) is 11.5. The number of hydrogen-bond donors (Lipinski definition) is 1. The number of hydrogen-bond acceptors (Lipinski definition) is 4. The number of halogens is 4. The number of alkyl halides is 3. The lowest BCUT2D eigenvalue weighted by Crippen LogP contribution is -2.56. The van der Waals surface area contributed by atoms with E-state index in [0.29, 0.717) is 58.2 Å². The molecule has 0 amide bonds. The van der Waals surface area contributed by atoms with Gasteiger partial charge in [0.2, 0.25) is 0 Å². The number of fused-ring (bicyclic) bond motifs is 1. The van der Waals surface area contributed by atoms with Crippen molar-refractivity contribution in [1.82, 2.24) is 29.5 Å². The van der Waals surface area contributed by atoms with Crippen LogP contribution in [0.3, 0.4) is 0 Å². The van der Waals surface area contributed by atoms with Crippen LogP contribution >= 0.6 is 24.0 Å². The zero-order valence-corrected chi connectivity index (χ0v) is 20.5. The van der Waals surface area contributed by atoms with Crippen LogP contribution in [0, 0.1) is 0 Å². The third-order valence-corrected chi connectivity index (χ3v) is 5.79. The summed E-state index contributed by atoms with van der Waals surface area (Å²) in [7, 11) is 0. The predicted octanol–water partition coefficient (Wildman–Crippen LogP) is 1.92. The van der Waals surface area contributed by atoms with Crippen LogP contribution < -0.4 is 11.0 Å². The molecule has 178 valence electrons. The predicted molar refractivity (Wildman–Crippen MR) is 124 cm³/mol. The topological polar surface area (TPSA) is 70.7 Å². The average molecular weight is 559 g/mol. The van der Waals surface area contributed by atoms with Crippen LogP contribution in [0.1, 0.15) is 38.9 Å². The van der Waals surface area contributed by atoms with Crippen molar-refractivity contribution in [2.75, 3.05) is 39.3 Å². The molecule has 3 heterocycles. The standard InChI is InChI=1S/C19H32F3N7O.HI/c1-3-23-17(27-13-11-26(12-14-27)15(2)19(20,21)22)24-8-6-10-29-18(30)28-9-5-4-7-16(28)25-29;/h15H,3-14H2,1-2H3,(H,23,24);1H. The second-order valence-corrected chi connectivity index (χ2v) is 7.86. The molecule has 31 heavy (non-hydrogen) atoms. The lowest BCUT2D eigenvalue weighted by atomic mass is 10.2. The van der Waals surface area contributed by atoms with Crippen LogP contribution in [0.4, 0.5) is 13.2 Å². The van der Waals surface area contributed by atoms with Crippen molar-refractivity contribution in [2.45, 2.75) is 64.8 Å². The normalized spacial score (nSPS) is 19.0. The van der Waals surface area contributed by atoms with E-state index >= 15 is 0 Å². The van der Waals surface area contributed by atoms with E-state index < -0.39 is 12.2 Å². The Labute approximate surface area is 197 Å². The van der Waals surface area contributed by atoms with Gasteiger partial charge < -0.3 is 10.2 Å². The van der Waals surface area contributed by atoms with E-state index in [4.69, 9.17) is 0 Å². The monoisotopic (exact) mass is 559 g/mol. The number of aromatic nitrogens is 3. The average Bonchev–Trinajstić information content (AvgIpc) is 3.05. The van der Waals surface area contributed by atoms with Gasteiger partial charge in [0.15, 0.2) is 5.96 Å². The molecule has 0 bridgehead atoms. The molecule has 8 nitrogen and oxygen atoms in total. The van der Waals surface area contributed by atoms with Crippen LogP contribution in [-0.2, 0) is 19.5 Å². The van der Waals surface area contributed by atoms with Gasteiger partial charge in [0.25, 0.3) is 0 Å². The molecule has 2 aliphatic rings. The van der Waals surface area contributed by atoms with E-state index in [1.807, 2.05) is 11.8 Å². The third-order valence-electron chi connectivity index (χ3n) is 5.79. The van der Waals surface area contributed by atoms with Crippen molar-refractivity contribution in [1.29, 1.82) is 0 Å². The van der Waals surface area contributed by atoms with Crippen LogP contribution in [0.2, 0.25) is 0 Å². The van der Waals surface area contributed by atoms with E-state index in [-0.39, 0.29) is 29.7 Å². The van der Waals surface area contributed by atoms with Crippen LogP contribution in [0.5, 0.6) is 0 Å². The van der Waals surface area contributed by atoms with Gasteiger partial charge in [-0.05, 0) is 33.1 Å². The fourth-order valence-corrected chi connectivity index (χ4v) is 3.95. The van der Waals surface area contributed by atoms with E-state index in [0.717, 1.165) is 31.6 Å². The summed E-state index contributed by atoms with van der Waals surface area (Å²) in [4.78, 5) is 20.5. The van der Waals surface area contributed by atoms with Crippen LogP contribution in [0.25, 0.3) is 0 Å². The second-order valence-electron chi connectivity index (χ2n) is 7.86. The molecule has 1 saturated heterocycles. The Kier molecular flexibility index (Phi) is 9.65. The van der Waals surface area contributed by atoms with E-state index in [1.54, 1.807) is 4.57 Å². The Balaban J connectivity index is 0.00000341. The molecule has 0 saturated carbocycles. The summed E-state index contributed by atoms with van der Waals surface area (Å²) >= 11 is 0. The molecule has 1 aromatic heterocycles. The number of rotatable bonds is 6. The molecular weight excluding hydrogens is 526 g/mol. The fourth-order valence-electron chi connectivity index (χ4n) is 3.95. The lowest BCUT2D eigenvalue weighted by molar-refractivity contribution is -0.181. The van der Waals surface area contributed by atoms with Gasteiger partial charge in [-0.3, -0.25) is 14.5 Å². The lowest BCUT2D eigenvalue weighted by Gasteiger charge is -2.39. The van der Waals surface area contributed by atoms with E-state index in [1.165, 1.54) is 16.5 Å². The zero-order valence-electron chi connectivity index (χ0n) is 18.2.